The zero-order valence-corrected chi connectivity index (χ0v) is 25.4. The predicted octanol–water partition coefficient (Wildman–Crippen LogP) is 14.4. The summed E-state index contributed by atoms with van der Waals surface area (Å²) in [5.74, 6) is 0. The van der Waals surface area contributed by atoms with E-state index in [0.29, 0.717) is 0 Å². The molecular weight excluding hydrogens is 617 g/mol. The molecule has 236 valence electrons. The fraction of sp³-hybridized carbons (Fsp3) is 0. The first-order valence-corrected chi connectivity index (χ1v) is 15.2. The van der Waals surface area contributed by atoms with E-state index in [1.54, 1.807) is 0 Å². The molecule has 0 aliphatic heterocycles. The number of fused-ring (bicyclic) bond motifs is 9. The van der Waals surface area contributed by atoms with Crippen molar-refractivity contribution in [1.82, 2.24) is 0 Å². The van der Waals surface area contributed by atoms with Gasteiger partial charge in [0.2, 0.25) is 0 Å². The molecule has 51 heavy (non-hydrogen) atoms. The molecule has 0 bridgehead atoms. The molecule has 0 atom stereocenters. The molecule has 1 nitrogen and oxygen atoms in total. The lowest BCUT2D eigenvalue weighted by molar-refractivity contribution is 0.670. The maximum atomic E-state index is 9.68. The summed E-state index contributed by atoms with van der Waals surface area (Å²) in [6.07, 6.45) is 0. The standard InChI is InChI=1S/C50H30O/c1-2-14-33-30-34(27-26-31(33)12-1)47-40-16-5-7-18-42(40)48(43-19-8-6-17-41(43)47)39-23-10-20-36-37(39)21-9-22-38(36)44-24-11-25-45-49-35-15-4-3-13-32(35)28-29-46(49)51-50(44)45/h1-30H/i1D,2D,3D,4D,5D,6D,7D,8D,9D,10D,11D,12D,13D,14D,15D,16D,17D,18D,19D,20D,21D,22D,23D,24D,25D,26D,27D,28D,29D,30D. The second kappa shape index (κ2) is 10.9. The number of hydrogen-bond acceptors (Lipinski definition) is 1. The van der Waals surface area contributed by atoms with E-state index in [4.69, 9.17) is 26.3 Å². The lowest BCUT2D eigenvalue weighted by Gasteiger charge is -2.19. The summed E-state index contributed by atoms with van der Waals surface area (Å²) < 4.78 is 279. The number of hydrogen-bond donors (Lipinski definition) is 0. The lowest BCUT2D eigenvalue weighted by atomic mass is 9.84. The van der Waals surface area contributed by atoms with Crippen LogP contribution in [0.15, 0.2) is 186 Å². The van der Waals surface area contributed by atoms with Crippen molar-refractivity contribution in [3.8, 4) is 33.4 Å². The minimum Gasteiger partial charge on any atom is -0.455 e. The third kappa shape index (κ3) is 4.16. The largest absolute Gasteiger partial charge is 0.455 e. The predicted molar refractivity (Wildman–Crippen MR) is 218 cm³/mol. The van der Waals surface area contributed by atoms with E-state index < -0.39 is 290 Å². The van der Waals surface area contributed by atoms with Crippen molar-refractivity contribution in [2.24, 2.45) is 0 Å². The summed E-state index contributed by atoms with van der Waals surface area (Å²) in [6, 6.07) is -28.5. The normalized spacial score (nSPS) is 20.2. The maximum Gasteiger partial charge on any atom is 0.143 e. The molecule has 11 aromatic rings. The molecule has 1 aromatic heterocycles. The minimum absolute atomic E-state index is 0.412. The SMILES string of the molecule is [2H]c1c([2H])c([2H])c2c(oc3c([2H])c([2H])c4c([2H])c([2H])c([2H])c([2H])c4c32)c1-c1c([2H])c([2H])c([2H])c2c(-c3c4c([2H])c([2H])c([2H])c([2H])c4c(-c4c([2H])c([2H])c5c([2H])c([2H])c([2H])c([2H])c5c4[2H])c4c([2H])c([2H])c([2H])c([2H])c34)c([2H])c([2H])c([2H])c12. The van der Waals surface area contributed by atoms with Crippen LogP contribution in [0.25, 0.3) is 109 Å². The molecule has 0 saturated carbocycles. The van der Waals surface area contributed by atoms with Crippen molar-refractivity contribution in [1.29, 1.82) is 0 Å². The van der Waals surface area contributed by atoms with Crippen molar-refractivity contribution in [2.45, 2.75) is 0 Å². The van der Waals surface area contributed by atoms with Gasteiger partial charge < -0.3 is 4.42 Å². The molecule has 10 aromatic carbocycles. The van der Waals surface area contributed by atoms with Crippen LogP contribution in [0.5, 0.6) is 0 Å². The number of furan rings is 1. The fourth-order valence-corrected chi connectivity index (χ4v) is 6.50. The Hall–Kier alpha value is -6.70. The van der Waals surface area contributed by atoms with E-state index in [-0.39, 0.29) is 0 Å². The van der Waals surface area contributed by atoms with Crippen LogP contribution in [0, 0.1) is 0 Å². The van der Waals surface area contributed by atoms with E-state index in [0.717, 1.165) is 0 Å². The third-order valence-electron chi connectivity index (χ3n) is 8.62. The quantitative estimate of drug-likeness (QED) is 0.170. The van der Waals surface area contributed by atoms with Gasteiger partial charge in [-0.2, -0.15) is 0 Å². The molecule has 0 N–H and O–H groups in total. The molecule has 1 heteroatoms. The highest BCUT2D eigenvalue weighted by Gasteiger charge is 2.20. The molecule has 11 rings (SSSR count). The van der Waals surface area contributed by atoms with Crippen molar-refractivity contribution < 1.29 is 45.5 Å². The van der Waals surface area contributed by atoms with Crippen molar-refractivity contribution in [3.63, 3.8) is 0 Å². The molecule has 1 heterocycles. The zero-order chi connectivity index (χ0) is 59.6. The second-order valence-electron chi connectivity index (χ2n) is 11.3. The van der Waals surface area contributed by atoms with Crippen LogP contribution in [0.3, 0.4) is 0 Å². The summed E-state index contributed by atoms with van der Waals surface area (Å²) in [7, 11) is 0. The fourth-order valence-electron chi connectivity index (χ4n) is 6.50. The average Bonchev–Trinajstić information content (AvgIpc) is 1.99. The number of rotatable bonds is 3. The summed E-state index contributed by atoms with van der Waals surface area (Å²) in [5, 5.41) is -7.92. The number of para-hydroxylation sites is 1. The molecule has 0 aliphatic carbocycles. The van der Waals surface area contributed by atoms with E-state index in [1.807, 2.05) is 0 Å². The van der Waals surface area contributed by atoms with Crippen LogP contribution >= 0.6 is 0 Å². The van der Waals surface area contributed by atoms with Gasteiger partial charge in [0.1, 0.15) is 11.2 Å². The highest BCUT2D eigenvalue weighted by molar-refractivity contribution is 6.25. The summed E-state index contributed by atoms with van der Waals surface area (Å²) in [4.78, 5) is 0. The summed E-state index contributed by atoms with van der Waals surface area (Å²) in [6.45, 7) is 0. The van der Waals surface area contributed by atoms with Crippen molar-refractivity contribution in [2.75, 3.05) is 0 Å². The lowest BCUT2D eigenvalue weighted by Crippen LogP contribution is -1.92. The van der Waals surface area contributed by atoms with Gasteiger partial charge in [-0.1, -0.05) is 169 Å². The smallest absolute Gasteiger partial charge is 0.143 e. The number of benzene rings is 10. The van der Waals surface area contributed by atoms with Gasteiger partial charge >= 0.3 is 0 Å². The van der Waals surface area contributed by atoms with Crippen LogP contribution in [0.2, 0.25) is 0 Å². The first-order chi connectivity index (χ1) is 37.8. The van der Waals surface area contributed by atoms with Gasteiger partial charge in [0.15, 0.2) is 0 Å². The Morgan fingerprint density at radius 3 is 1.57 bits per heavy atom. The maximum absolute atomic E-state index is 9.68. The third-order valence-corrected chi connectivity index (χ3v) is 8.62. The Balaban J connectivity index is 1.44. The van der Waals surface area contributed by atoms with Gasteiger partial charge in [-0.25, -0.2) is 0 Å². The first-order valence-electron chi connectivity index (χ1n) is 30.2. The molecule has 0 aliphatic rings. The van der Waals surface area contributed by atoms with Crippen LogP contribution < -0.4 is 0 Å². The minimum atomic E-state index is -1.11. The molecule has 0 radical (unpaired) electrons. The first kappa shape index (κ1) is 11.7. The van der Waals surface area contributed by atoms with Crippen molar-refractivity contribution >= 4 is 75.8 Å². The van der Waals surface area contributed by atoms with Crippen molar-refractivity contribution in [3.05, 3.63) is 181 Å². The van der Waals surface area contributed by atoms with E-state index in [1.165, 1.54) is 0 Å². The van der Waals surface area contributed by atoms with Gasteiger partial charge in [-0.3, -0.25) is 0 Å². The molecule has 0 fully saturated rings. The average molecular weight is 677 g/mol. The van der Waals surface area contributed by atoms with E-state index in [2.05, 4.69) is 0 Å². The van der Waals surface area contributed by atoms with Gasteiger partial charge in [0.05, 0.1) is 41.1 Å². The Labute approximate surface area is 336 Å². The second-order valence-corrected chi connectivity index (χ2v) is 11.3. The Morgan fingerprint density at radius 1 is 0.333 bits per heavy atom. The molecule has 0 unspecified atom stereocenters. The van der Waals surface area contributed by atoms with Crippen LogP contribution in [-0.2, 0) is 0 Å². The van der Waals surface area contributed by atoms with Gasteiger partial charge in [-0.15, -0.1) is 0 Å². The highest BCUT2D eigenvalue weighted by atomic mass is 16.3. The molecule has 0 spiro atoms. The van der Waals surface area contributed by atoms with Gasteiger partial charge in [0, 0.05) is 16.3 Å². The Kier molecular flexibility index (Phi) is 2.50. The topological polar surface area (TPSA) is 13.1 Å². The van der Waals surface area contributed by atoms with Gasteiger partial charge in [-0.05, 0) is 93.8 Å². The molecular formula is C50H30O. The van der Waals surface area contributed by atoms with Gasteiger partial charge in [0.25, 0.3) is 0 Å². The van der Waals surface area contributed by atoms with E-state index in [9.17, 15) is 19.2 Å². The van der Waals surface area contributed by atoms with Crippen LogP contribution in [0.4, 0.5) is 0 Å². The van der Waals surface area contributed by atoms with Crippen LogP contribution in [0.1, 0.15) is 41.1 Å². The molecule has 0 amide bonds. The van der Waals surface area contributed by atoms with Crippen LogP contribution in [-0.4, -0.2) is 0 Å². The Bertz CT molecular complexity index is 4850. The molecule has 0 saturated heterocycles. The summed E-state index contributed by atoms with van der Waals surface area (Å²) in [5.41, 5.74) is -6.08. The van der Waals surface area contributed by atoms with E-state index >= 15 is 0 Å². The highest BCUT2D eigenvalue weighted by Crippen LogP contribution is 2.47. The summed E-state index contributed by atoms with van der Waals surface area (Å²) >= 11 is 0. The zero-order valence-electron chi connectivity index (χ0n) is 55.4. The monoisotopic (exact) mass is 676 g/mol. The Morgan fingerprint density at radius 2 is 0.843 bits per heavy atom.